The average Bonchev–Trinajstić information content (AvgIpc) is 3.19. The number of sulfonamides is 1. The summed E-state index contributed by atoms with van der Waals surface area (Å²) in [6.07, 6.45) is 4.10. The molecule has 1 amide bonds. The molecule has 0 radical (unpaired) electrons. The number of nitrogens with one attached hydrogen (secondary N) is 1. The van der Waals surface area contributed by atoms with Gasteiger partial charge in [0, 0.05) is 18.3 Å². The van der Waals surface area contributed by atoms with Crippen molar-refractivity contribution in [2.45, 2.75) is 37.5 Å². The van der Waals surface area contributed by atoms with Crippen molar-refractivity contribution in [3.63, 3.8) is 0 Å². The Morgan fingerprint density at radius 3 is 2.19 bits per heavy atom. The van der Waals surface area contributed by atoms with Crippen molar-refractivity contribution in [2.75, 3.05) is 11.4 Å². The van der Waals surface area contributed by atoms with Crippen molar-refractivity contribution in [3.05, 3.63) is 59.7 Å². The van der Waals surface area contributed by atoms with Crippen LogP contribution in [0.25, 0.3) is 0 Å². The maximum absolute atomic E-state index is 12.7. The molecule has 0 spiro atoms. The fourth-order valence-electron chi connectivity index (χ4n) is 2.92. The minimum absolute atomic E-state index is 0.227. The molecule has 6 nitrogen and oxygen atoms in total. The molecule has 3 rings (SSSR count). The number of carbonyl (C=O) groups is 1. The number of nitrogens with zero attached hydrogens (tertiary/aromatic N) is 2. The van der Waals surface area contributed by atoms with E-state index in [9.17, 15) is 13.2 Å². The fourth-order valence-corrected chi connectivity index (χ4v) is 4.11. The lowest BCUT2D eigenvalue weighted by Crippen LogP contribution is -2.26. The number of aryl methyl sites for hydroxylation is 1. The van der Waals surface area contributed by atoms with Crippen molar-refractivity contribution in [3.8, 4) is 0 Å². The minimum atomic E-state index is -3.65. The second kappa shape index (κ2) is 7.92. The first-order valence-corrected chi connectivity index (χ1v) is 10.3. The number of rotatable bonds is 5. The van der Waals surface area contributed by atoms with Gasteiger partial charge in [0.1, 0.15) is 0 Å². The molecule has 7 heteroatoms. The van der Waals surface area contributed by atoms with Crippen molar-refractivity contribution < 1.29 is 13.2 Å². The second-order valence-corrected chi connectivity index (χ2v) is 8.63. The zero-order valence-electron chi connectivity index (χ0n) is 15.5. The molecule has 0 aromatic heterocycles. The van der Waals surface area contributed by atoms with Gasteiger partial charge in [-0.1, -0.05) is 17.7 Å². The van der Waals surface area contributed by atoms with E-state index in [2.05, 4.69) is 10.5 Å². The number of carbonyl (C=O) groups excluding carboxylic acids is 1. The van der Waals surface area contributed by atoms with Gasteiger partial charge in [-0.15, -0.1) is 0 Å². The van der Waals surface area contributed by atoms with Crippen LogP contribution in [-0.2, 0) is 10.0 Å². The summed E-state index contributed by atoms with van der Waals surface area (Å²) in [5.41, 5.74) is 5.49. The van der Waals surface area contributed by atoms with Gasteiger partial charge in [0.15, 0.2) is 0 Å². The Hall–Kier alpha value is -2.67. The highest BCUT2D eigenvalue weighted by molar-refractivity contribution is 7.92. The van der Waals surface area contributed by atoms with Crippen molar-refractivity contribution in [2.24, 2.45) is 5.10 Å². The highest BCUT2D eigenvalue weighted by Crippen LogP contribution is 2.22. The summed E-state index contributed by atoms with van der Waals surface area (Å²) in [5, 5.41) is 4.15. The third-order valence-electron chi connectivity index (χ3n) is 4.67. The van der Waals surface area contributed by atoms with Gasteiger partial charge in [0.25, 0.3) is 15.9 Å². The van der Waals surface area contributed by atoms with Crippen molar-refractivity contribution in [1.82, 2.24) is 5.43 Å². The van der Waals surface area contributed by atoms with Crippen LogP contribution in [0.15, 0.2) is 58.5 Å². The molecule has 27 heavy (non-hydrogen) atoms. The molecule has 1 aliphatic rings. The molecule has 1 N–H and O–H groups in total. The predicted molar refractivity (Wildman–Crippen MR) is 107 cm³/mol. The van der Waals surface area contributed by atoms with E-state index >= 15 is 0 Å². The SMILES string of the molecule is Cc1ccc(S(=O)(=O)N(C)c2ccc(C(=O)NN=C3CCCC3)cc2)cc1. The monoisotopic (exact) mass is 385 g/mol. The Kier molecular flexibility index (Phi) is 5.60. The third kappa shape index (κ3) is 4.36. The van der Waals surface area contributed by atoms with Gasteiger partial charge >= 0.3 is 0 Å². The molecular formula is C20H23N3O3S. The van der Waals surface area contributed by atoms with Crippen LogP contribution in [0.1, 0.15) is 41.6 Å². The highest BCUT2D eigenvalue weighted by atomic mass is 32.2. The van der Waals surface area contributed by atoms with E-state index < -0.39 is 10.0 Å². The molecule has 2 aromatic carbocycles. The zero-order valence-corrected chi connectivity index (χ0v) is 16.3. The van der Waals surface area contributed by atoms with Gasteiger partial charge in [0.05, 0.1) is 10.6 Å². The summed E-state index contributed by atoms with van der Waals surface area (Å²) in [7, 11) is -2.16. The molecule has 1 aliphatic carbocycles. The molecule has 0 aliphatic heterocycles. The summed E-state index contributed by atoms with van der Waals surface area (Å²) in [4.78, 5) is 12.4. The summed E-state index contributed by atoms with van der Waals surface area (Å²) in [6, 6.07) is 13.1. The van der Waals surface area contributed by atoms with Crippen molar-refractivity contribution in [1.29, 1.82) is 0 Å². The van der Waals surface area contributed by atoms with E-state index in [0.717, 1.165) is 37.0 Å². The first kappa shape index (κ1) is 19.1. The Morgan fingerprint density at radius 2 is 1.59 bits per heavy atom. The van der Waals surface area contributed by atoms with Crippen LogP contribution in [0, 0.1) is 6.92 Å². The largest absolute Gasteiger partial charge is 0.271 e. The summed E-state index contributed by atoms with van der Waals surface area (Å²) < 4.78 is 26.7. The fraction of sp³-hybridized carbons (Fsp3) is 0.300. The number of hydrogen-bond acceptors (Lipinski definition) is 4. The maximum Gasteiger partial charge on any atom is 0.271 e. The maximum atomic E-state index is 12.7. The van der Waals surface area contributed by atoms with E-state index in [1.54, 1.807) is 48.5 Å². The third-order valence-corrected chi connectivity index (χ3v) is 6.47. The van der Waals surface area contributed by atoms with Crippen LogP contribution in [0.2, 0.25) is 0 Å². The lowest BCUT2D eigenvalue weighted by atomic mass is 10.2. The van der Waals surface area contributed by atoms with Crippen LogP contribution >= 0.6 is 0 Å². The van der Waals surface area contributed by atoms with E-state index in [1.807, 2.05) is 6.92 Å². The van der Waals surface area contributed by atoms with Gasteiger partial charge in [-0.2, -0.15) is 5.10 Å². The highest BCUT2D eigenvalue weighted by Gasteiger charge is 2.21. The summed E-state index contributed by atoms with van der Waals surface area (Å²) >= 11 is 0. The molecule has 0 atom stereocenters. The lowest BCUT2D eigenvalue weighted by Gasteiger charge is -2.19. The predicted octanol–water partition coefficient (Wildman–Crippen LogP) is 3.48. The number of amides is 1. The Labute approximate surface area is 159 Å². The quantitative estimate of drug-likeness (QED) is 0.801. The number of hydrazone groups is 1. The smallest absolute Gasteiger partial charge is 0.269 e. The molecule has 0 unspecified atom stereocenters. The van der Waals surface area contributed by atoms with E-state index in [1.165, 1.54) is 11.4 Å². The zero-order chi connectivity index (χ0) is 19.4. The molecule has 0 saturated heterocycles. The van der Waals surface area contributed by atoms with Crippen LogP contribution < -0.4 is 9.73 Å². The molecular weight excluding hydrogens is 362 g/mol. The van der Waals surface area contributed by atoms with Gasteiger partial charge in [-0.25, -0.2) is 13.8 Å². The van der Waals surface area contributed by atoms with E-state index in [-0.39, 0.29) is 10.8 Å². The van der Waals surface area contributed by atoms with E-state index in [4.69, 9.17) is 0 Å². The van der Waals surface area contributed by atoms with Crippen LogP contribution in [0.4, 0.5) is 5.69 Å². The van der Waals surface area contributed by atoms with Crippen molar-refractivity contribution >= 4 is 27.3 Å². The molecule has 142 valence electrons. The standard InChI is InChI=1S/C20H23N3O3S/c1-15-7-13-19(14-8-15)27(25,26)23(2)18-11-9-16(10-12-18)20(24)22-21-17-5-3-4-6-17/h7-14H,3-6H2,1-2H3,(H,22,24). The molecule has 0 heterocycles. The minimum Gasteiger partial charge on any atom is -0.269 e. The molecule has 1 fully saturated rings. The lowest BCUT2D eigenvalue weighted by molar-refractivity contribution is 0.0954. The molecule has 0 bridgehead atoms. The van der Waals surface area contributed by atoms with Crippen LogP contribution in [0.5, 0.6) is 0 Å². The Balaban J connectivity index is 1.73. The van der Waals surface area contributed by atoms with Gasteiger partial charge in [-0.3, -0.25) is 9.10 Å². The Bertz CT molecular complexity index is 941. The van der Waals surface area contributed by atoms with E-state index in [0.29, 0.717) is 11.3 Å². The average molecular weight is 385 g/mol. The first-order valence-electron chi connectivity index (χ1n) is 8.89. The summed E-state index contributed by atoms with van der Waals surface area (Å²) in [6.45, 7) is 1.90. The number of hydrogen-bond donors (Lipinski definition) is 1. The van der Waals surface area contributed by atoms with Gasteiger partial charge in [-0.05, 0) is 69.0 Å². The topological polar surface area (TPSA) is 78.8 Å². The summed E-state index contributed by atoms with van der Waals surface area (Å²) in [5.74, 6) is -0.301. The number of benzene rings is 2. The molecule has 2 aromatic rings. The van der Waals surface area contributed by atoms with Gasteiger partial charge in [0.2, 0.25) is 0 Å². The van der Waals surface area contributed by atoms with Gasteiger partial charge < -0.3 is 0 Å². The number of anilines is 1. The normalized spacial score (nSPS) is 14.1. The molecule has 1 saturated carbocycles. The Morgan fingerprint density at radius 1 is 1.00 bits per heavy atom. The second-order valence-electron chi connectivity index (χ2n) is 6.66. The van der Waals surface area contributed by atoms with Crippen LogP contribution in [-0.4, -0.2) is 27.1 Å². The first-order chi connectivity index (χ1) is 12.9. The van der Waals surface area contributed by atoms with Crippen LogP contribution in [0.3, 0.4) is 0 Å².